The fraction of sp³-hybridized carbons (Fsp3) is 0.846. The molecular formula is C13H28N2. The fourth-order valence-electron chi connectivity index (χ4n) is 1.91. The topological polar surface area (TPSA) is 15.3 Å². The highest BCUT2D eigenvalue weighted by atomic mass is 15.2. The lowest BCUT2D eigenvalue weighted by molar-refractivity contribution is 0.132. The predicted molar refractivity (Wildman–Crippen MR) is 69.2 cm³/mol. The van der Waals surface area contributed by atoms with Crippen LogP contribution < -0.4 is 5.32 Å². The fourth-order valence-corrected chi connectivity index (χ4v) is 1.91. The molecule has 0 heterocycles. The molecule has 0 aromatic carbocycles. The van der Waals surface area contributed by atoms with E-state index in [-0.39, 0.29) is 0 Å². The van der Waals surface area contributed by atoms with Gasteiger partial charge in [-0.2, -0.15) is 0 Å². The van der Waals surface area contributed by atoms with Crippen molar-refractivity contribution in [3.05, 3.63) is 12.7 Å². The molecule has 0 radical (unpaired) electrons. The maximum atomic E-state index is 3.84. The second kappa shape index (κ2) is 7.89. The van der Waals surface area contributed by atoms with Crippen molar-refractivity contribution < 1.29 is 0 Å². The highest BCUT2D eigenvalue weighted by Crippen LogP contribution is 2.13. The molecule has 0 saturated heterocycles. The van der Waals surface area contributed by atoms with Gasteiger partial charge in [0.15, 0.2) is 0 Å². The van der Waals surface area contributed by atoms with E-state index in [0.717, 1.165) is 19.6 Å². The Kier molecular flexibility index (Phi) is 7.71. The molecule has 0 aliphatic rings. The zero-order chi connectivity index (χ0) is 11.8. The molecule has 2 nitrogen and oxygen atoms in total. The second-order valence-electron chi connectivity index (χ2n) is 4.70. The van der Waals surface area contributed by atoms with Gasteiger partial charge in [0, 0.05) is 25.2 Å². The van der Waals surface area contributed by atoms with Crippen molar-refractivity contribution in [1.29, 1.82) is 0 Å². The summed E-state index contributed by atoms with van der Waals surface area (Å²) < 4.78 is 0. The van der Waals surface area contributed by atoms with Gasteiger partial charge in [-0.1, -0.05) is 26.8 Å². The smallest absolute Gasteiger partial charge is 0.0249 e. The summed E-state index contributed by atoms with van der Waals surface area (Å²) in [5.41, 5.74) is 0. The van der Waals surface area contributed by atoms with Crippen molar-refractivity contribution in [3.63, 3.8) is 0 Å². The lowest BCUT2D eigenvalue weighted by atomic mass is 10.0. The molecule has 90 valence electrons. The van der Waals surface area contributed by atoms with Gasteiger partial charge >= 0.3 is 0 Å². The molecule has 15 heavy (non-hydrogen) atoms. The average molecular weight is 212 g/mol. The molecule has 1 unspecified atom stereocenters. The van der Waals surface area contributed by atoms with E-state index in [9.17, 15) is 0 Å². The Morgan fingerprint density at radius 2 is 1.87 bits per heavy atom. The first-order chi connectivity index (χ1) is 7.04. The van der Waals surface area contributed by atoms with E-state index < -0.39 is 0 Å². The summed E-state index contributed by atoms with van der Waals surface area (Å²) in [4.78, 5) is 2.51. The monoisotopic (exact) mass is 212 g/mol. The van der Waals surface area contributed by atoms with Gasteiger partial charge in [0.25, 0.3) is 0 Å². The Hall–Kier alpha value is -0.340. The molecule has 0 rings (SSSR count). The normalized spacial score (nSPS) is 13.9. The maximum Gasteiger partial charge on any atom is 0.0249 e. The molecule has 0 bridgehead atoms. The van der Waals surface area contributed by atoms with Gasteiger partial charge in [0.2, 0.25) is 0 Å². The summed E-state index contributed by atoms with van der Waals surface area (Å²) in [7, 11) is 0. The van der Waals surface area contributed by atoms with Crippen molar-refractivity contribution in [3.8, 4) is 0 Å². The van der Waals surface area contributed by atoms with Crippen LogP contribution in [0.3, 0.4) is 0 Å². The summed E-state index contributed by atoms with van der Waals surface area (Å²) in [5.74, 6) is 0.673. The molecule has 0 fully saturated rings. The van der Waals surface area contributed by atoms with Crippen LogP contribution in [0.5, 0.6) is 0 Å². The van der Waals surface area contributed by atoms with Crippen LogP contribution in [0, 0.1) is 5.92 Å². The molecule has 0 spiro atoms. The first-order valence-electron chi connectivity index (χ1n) is 6.11. The highest BCUT2D eigenvalue weighted by molar-refractivity contribution is 4.84. The molecule has 0 aromatic heterocycles. The Labute approximate surface area is 95.7 Å². The van der Waals surface area contributed by atoms with Crippen molar-refractivity contribution in [1.82, 2.24) is 10.2 Å². The van der Waals surface area contributed by atoms with Gasteiger partial charge < -0.3 is 5.32 Å². The Balaban J connectivity index is 4.44. The van der Waals surface area contributed by atoms with E-state index in [2.05, 4.69) is 51.4 Å². The van der Waals surface area contributed by atoms with E-state index in [4.69, 9.17) is 0 Å². The van der Waals surface area contributed by atoms with E-state index in [1.165, 1.54) is 0 Å². The minimum Gasteiger partial charge on any atom is -0.315 e. The summed E-state index contributed by atoms with van der Waals surface area (Å²) in [6, 6.07) is 1.18. The predicted octanol–water partition coefficient (Wildman–Crippen LogP) is 2.52. The molecule has 0 aromatic rings. The Morgan fingerprint density at radius 1 is 1.27 bits per heavy atom. The average Bonchev–Trinajstić information content (AvgIpc) is 2.16. The SMILES string of the molecule is C=CCN(C(C)C)C(CNCC)C(C)C. The lowest BCUT2D eigenvalue weighted by Crippen LogP contribution is -2.48. The second-order valence-corrected chi connectivity index (χ2v) is 4.70. The third-order valence-corrected chi connectivity index (χ3v) is 2.80. The zero-order valence-corrected chi connectivity index (χ0v) is 11.1. The highest BCUT2D eigenvalue weighted by Gasteiger charge is 2.22. The number of hydrogen-bond donors (Lipinski definition) is 1. The third-order valence-electron chi connectivity index (χ3n) is 2.80. The van der Waals surface area contributed by atoms with Crippen LogP contribution in [-0.2, 0) is 0 Å². The van der Waals surface area contributed by atoms with Gasteiger partial charge in [-0.3, -0.25) is 4.90 Å². The largest absolute Gasteiger partial charge is 0.315 e. The molecular weight excluding hydrogens is 184 g/mol. The molecule has 1 N–H and O–H groups in total. The Bertz CT molecular complexity index is 164. The van der Waals surface area contributed by atoms with Crippen LogP contribution in [0.1, 0.15) is 34.6 Å². The third kappa shape index (κ3) is 5.33. The van der Waals surface area contributed by atoms with Crippen molar-refractivity contribution >= 4 is 0 Å². The summed E-state index contributed by atoms with van der Waals surface area (Å²) in [6.07, 6.45) is 2.00. The van der Waals surface area contributed by atoms with Crippen LogP contribution in [0.15, 0.2) is 12.7 Å². The first kappa shape index (κ1) is 14.7. The van der Waals surface area contributed by atoms with Crippen LogP contribution >= 0.6 is 0 Å². The summed E-state index contributed by atoms with van der Waals surface area (Å²) in [6.45, 7) is 18.2. The minimum absolute atomic E-state index is 0.578. The number of likely N-dealkylation sites (N-methyl/N-ethyl adjacent to an activating group) is 1. The molecule has 0 aliphatic carbocycles. The molecule has 2 heteroatoms. The van der Waals surface area contributed by atoms with Gasteiger partial charge in [0.05, 0.1) is 0 Å². The van der Waals surface area contributed by atoms with Crippen molar-refractivity contribution in [2.24, 2.45) is 5.92 Å². The van der Waals surface area contributed by atoms with Crippen LogP contribution in [0.25, 0.3) is 0 Å². The Morgan fingerprint density at radius 3 is 2.20 bits per heavy atom. The number of hydrogen-bond acceptors (Lipinski definition) is 2. The molecule has 1 atom stereocenters. The quantitative estimate of drug-likeness (QED) is 0.622. The van der Waals surface area contributed by atoms with Gasteiger partial charge in [-0.25, -0.2) is 0 Å². The minimum atomic E-state index is 0.578. The van der Waals surface area contributed by atoms with Crippen LogP contribution in [0.4, 0.5) is 0 Å². The van der Waals surface area contributed by atoms with Crippen LogP contribution in [0.2, 0.25) is 0 Å². The van der Waals surface area contributed by atoms with E-state index in [1.807, 2.05) is 6.08 Å². The van der Waals surface area contributed by atoms with E-state index in [0.29, 0.717) is 18.0 Å². The van der Waals surface area contributed by atoms with Crippen molar-refractivity contribution in [2.75, 3.05) is 19.6 Å². The van der Waals surface area contributed by atoms with E-state index >= 15 is 0 Å². The lowest BCUT2D eigenvalue weighted by Gasteiger charge is -2.37. The van der Waals surface area contributed by atoms with Gasteiger partial charge in [-0.15, -0.1) is 6.58 Å². The van der Waals surface area contributed by atoms with Gasteiger partial charge in [0.1, 0.15) is 0 Å². The number of nitrogens with one attached hydrogen (secondary N) is 1. The maximum absolute atomic E-state index is 3.84. The standard InChI is InChI=1S/C13H28N2/c1-7-9-15(12(5)6)13(11(3)4)10-14-8-2/h7,11-14H,1,8-10H2,2-6H3. The zero-order valence-electron chi connectivity index (χ0n) is 11.1. The number of rotatable bonds is 8. The molecule has 0 amide bonds. The van der Waals surface area contributed by atoms with Crippen LogP contribution in [-0.4, -0.2) is 36.6 Å². The first-order valence-corrected chi connectivity index (χ1v) is 6.11. The van der Waals surface area contributed by atoms with Crippen molar-refractivity contribution in [2.45, 2.75) is 46.7 Å². The summed E-state index contributed by atoms with van der Waals surface area (Å²) in [5, 5.41) is 3.45. The summed E-state index contributed by atoms with van der Waals surface area (Å²) >= 11 is 0. The molecule has 0 aliphatic heterocycles. The number of nitrogens with zero attached hydrogens (tertiary/aromatic N) is 1. The van der Waals surface area contributed by atoms with Gasteiger partial charge in [-0.05, 0) is 26.3 Å². The molecule has 0 saturated carbocycles. The van der Waals surface area contributed by atoms with E-state index in [1.54, 1.807) is 0 Å².